The van der Waals surface area contributed by atoms with Gasteiger partial charge in [-0.25, -0.2) is 8.42 Å². The summed E-state index contributed by atoms with van der Waals surface area (Å²) in [6, 6.07) is 2.61. The van der Waals surface area contributed by atoms with E-state index in [1.54, 1.807) is 11.8 Å². The van der Waals surface area contributed by atoms with Crippen molar-refractivity contribution in [3.05, 3.63) is 28.8 Å². The molecule has 1 aliphatic heterocycles. The Hall–Kier alpha value is -1.36. The summed E-state index contributed by atoms with van der Waals surface area (Å²) in [6.45, 7) is 2.91. The van der Waals surface area contributed by atoms with Gasteiger partial charge in [0, 0.05) is 37.7 Å². The number of carbonyl (C=O) groups is 1. The van der Waals surface area contributed by atoms with Crippen LogP contribution in [0.5, 0.6) is 0 Å². The van der Waals surface area contributed by atoms with Gasteiger partial charge in [0.25, 0.3) is 0 Å². The number of hydrogen-bond acceptors (Lipinski definition) is 4. The highest BCUT2D eigenvalue weighted by Crippen LogP contribution is 2.37. The summed E-state index contributed by atoms with van der Waals surface area (Å²) in [6.07, 6.45) is -4.84. The molecule has 0 aromatic heterocycles. The zero-order chi connectivity index (χ0) is 19.5. The molecular formula is C15H19ClF3N3O3S. The predicted octanol–water partition coefficient (Wildman–Crippen LogP) is 1.80. The number of halogens is 4. The largest absolute Gasteiger partial charge is 0.417 e. The number of piperazine rings is 1. The van der Waals surface area contributed by atoms with Crippen LogP contribution in [0.3, 0.4) is 0 Å². The van der Waals surface area contributed by atoms with Gasteiger partial charge in [-0.1, -0.05) is 11.6 Å². The first-order valence-corrected chi connectivity index (χ1v) is 9.73. The van der Waals surface area contributed by atoms with Gasteiger partial charge in [0.15, 0.2) is 0 Å². The molecule has 0 aliphatic carbocycles. The molecule has 1 saturated heterocycles. The maximum absolute atomic E-state index is 13.2. The minimum absolute atomic E-state index is 0.00165. The summed E-state index contributed by atoms with van der Waals surface area (Å²) >= 11 is 5.60. The van der Waals surface area contributed by atoms with Gasteiger partial charge in [0.2, 0.25) is 15.9 Å². The van der Waals surface area contributed by atoms with Gasteiger partial charge in [0.05, 0.1) is 17.0 Å². The number of amides is 1. The smallest absolute Gasteiger partial charge is 0.355 e. The second-order valence-corrected chi connectivity index (χ2v) is 8.11. The Kier molecular flexibility index (Phi) is 6.54. The molecule has 1 aromatic rings. The Morgan fingerprint density at radius 1 is 1.23 bits per heavy atom. The Balaban J connectivity index is 2.17. The number of rotatable bonds is 5. The predicted molar refractivity (Wildman–Crippen MR) is 90.3 cm³/mol. The number of likely N-dealkylation sites (N-methyl/N-ethyl adjacent to an activating group) is 1. The summed E-state index contributed by atoms with van der Waals surface area (Å²) in [4.78, 5) is 12.5. The molecule has 26 heavy (non-hydrogen) atoms. The van der Waals surface area contributed by atoms with Crippen LogP contribution in [0.1, 0.15) is 12.5 Å². The van der Waals surface area contributed by atoms with E-state index in [0.717, 1.165) is 16.4 Å². The third kappa shape index (κ3) is 4.87. The standard InChI is InChI=1S/C15H19ClF3N3O3S/c1-2-20-14(23)10-21-5-7-22(8-6-21)26(24,25)13-4-3-11(16)9-12(13)15(17,18)19/h3-4,9H,2,5-8,10H2,1H3,(H,20,23). The lowest BCUT2D eigenvalue weighted by Crippen LogP contribution is -2.51. The molecule has 1 heterocycles. The van der Waals surface area contributed by atoms with Gasteiger partial charge in [-0.2, -0.15) is 17.5 Å². The van der Waals surface area contributed by atoms with Crippen molar-refractivity contribution in [1.29, 1.82) is 0 Å². The Morgan fingerprint density at radius 2 is 1.85 bits per heavy atom. The topological polar surface area (TPSA) is 69.7 Å². The highest BCUT2D eigenvalue weighted by atomic mass is 35.5. The maximum Gasteiger partial charge on any atom is 0.417 e. The zero-order valence-corrected chi connectivity index (χ0v) is 15.6. The Bertz CT molecular complexity index is 763. The number of sulfonamides is 1. The molecule has 0 atom stereocenters. The monoisotopic (exact) mass is 413 g/mol. The van der Waals surface area contributed by atoms with Crippen LogP contribution in [0.25, 0.3) is 0 Å². The average molecular weight is 414 g/mol. The molecule has 146 valence electrons. The van der Waals surface area contributed by atoms with E-state index in [9.17, 15) is 26.4 Å². The zero-order valence-electron chi connectivity index (χ0n) is 14.0. The number of benzene rings is 1. The van der Waals surface area contributed by atoms with Gasteiger partial charge in [-0.15, -0.1) is 0 Å². The normalized spacial score (nSPS) is 17.3. The van der Waals surface area contributed by atoms with Crippen molar-refractivity contribution in [2.45, 2.75) is 18.0 Å². The van der Waals surface area contributed by atoms with Crippen molar-refractivity contribution in [3.63, 3.8) is 0 Å². The summed E-state index contributed by atoms with van der Waals surface area (Å²) < 4.78 is 66.0. The van der Waals surface area contributed by atoms with Gasteiger partial charge in [-0.05, 0) is 25.1 Å². The van der Waals surface area contributed by atoms with Crippen molar-refractivity contribution in [2.24, 2.45) is 0 Å². The average Bonchev–Trinajstić information content (AvgIpc) is 2.54. The van der Waals surface area contributed by atoms with Crippen molar-refractivity contribution >= 4 is 27.5 Å². The van der Waals surface area contributed by atoms with Gasteiger partial charge in [0.1, 0.15) is 0 Å². The van der Waals surface area contributed by atoms with Crippen molar-refractivity contribution in [3.8, 4) is 0 Å². The Labute approximate surface area is 155 Å². The molecule has 11 heteroatoms. The quantitative estimate of drug-likeness (QED) is 0.799. The molecule has 0 spiro atoms. The SMILES string of the molecule is CCNC(=O)CN1CCN(S(=O)(=O)c2ccc(Cl)cc2C(F)(F)F)CC1. The van der Waals surface area contributed by atoms with Gasteiger partial charge < -0.3 is 5.32 Å². The molecule has 2 rings (SSSR count). The lowest BCUT2D eigenvalue weighted by Gasteiger charge is -2.34. The van der Waals surface area contributed by atoms with Crippen LogP contribution in [0, 0.1) is 0 Å². The highest BCUT2D eigenvalue weighted by molar-refractivity contribution is 7.89. The molecule has 1 aliphatic rings. The van der Waals surface area contributed by atoms with E-state index in [-0.39, 0.29) is 43.7 Å². The van der Waals surface area contributed by atoms with Crippen LogP contribution in [0.4, 0.5) is 13.2 Å². The molecule has 1 fully saturated rings. The molecular weight excluding hydrogens is 395 g/mol. The minimum atomic E-state index is -4.84. The third-order valence-corrected chi connectivity index (χ3v) is 6.13. The molecule has 1 amide bonds. The van der Waals surface area contributed by atoms with Crippen molar-refractivity contribution < 1.29 is 26.4 Å². The van der Waals surface area contributed by atoms with Crippen LogP contribution < -0.4 is 5.32 Å². The van der Waals surface area contributed by atoms with Crippen LogP contribution in [0.15, 0.2) is 23.1 Å². The van der Waals surface area contributed by atoms with Crippen molar-refractivity contribution in [1.82, 2.24) is 14.5 Å². The number of nitrogens with zero attached hydrogens (tertiary/aromatic N) is 2. The van der Waals surface area contributed by atoms with Crippen molar-refractivity contribution in [2.75, 3.05) is 39.3 Å². The number of hydrogen-bond donors (Lipinski definition) is 1. The summed E-state index contributed by atoms with van der Waals surface area (Å²) in [5.41, 5.74) is -1.28. The maximum atomic E-state index is 13.2. The molecule has 1 N–H and O–H groups in total. The fourth-order valence-electron chi connectivity index (χ4n) is 2.67. The van der Waals surface area contributed by atoms with Crippen LogP contribution in [-0.4, -0.2) is 62.8 Å². The molecule has 1 aromatic carbocycles. The van der Waals surface area contributed by atoms with E-state index in [0.29, 0.717) is 12.6 Å². The molecule has 0 bridgehead atoms. The summed E-state index contributed by atoms with van der Waals surface area (Å²) in [5, 5.41) is 2.45. The molecule has 0 unspecified atom stereocenters. The second kappa shape index (κ2) is 8.12. The van der Waals surface area contributed by atoms with E-state index in [1.807, 2.05) is 0 Å². The van der Waals surface area contributed by atoms with Crippen LogP contribution in [0.2, 0.25) is 5.02 Å². The number of carbonyl (C=O) groups excluding carboxylic acids is 1. The van der Waals surface area contributed by atoms with E-state index in [2.05, 4.69) is 5.32 Å². The molecule has 0 saturated carbocycles. The first-order valence-electron chi connectivity index (χ1n) is 7.91. The van der Waals surface area contributed by atoms with E-state index in [1.165, 1.54) is 0 Å². The number of alkyl halides is 3. The number of nitrogens with one attached hydrogen (secondary N) is 1. The fraction of sp³-hybridized carbons (Fsp3) is 0.533. The Morgan fingerprint density at radius 3 is 2.38 bits per heavy atom. The van der Waals surface area contributed by atoms with Gasteiger partial charge in [-0.3, -0.25) is 9.69 Å². The minimum Gasteiger partial charge on any atom is -0.355 e. The highest BCUT2D eigenvalue weighted by Gasteiger charge is 2.40. The molecule has 0 radical (unpaired) electrons. The van der Waals surface area contributed by atoms with Crippen LogP contribution >= 0.6 is 11.6 Å². The first kappa shape index (κ1) is 20.9. The second-order valence-electron chi connectivity index (χ2n) is 5.77. The summed E-state index contributed by atoms with van der Waals surface area (Å²) in [7, 11) is -4.33. The first-order chi connectivity index (χ1) is 12.1. The van der Waals surface area contributed by atoms with E-state index in [4.69, 9.17) is 11.6 Å². The lowest BCUT2D eigenvalue weighted by atomic mass is 10.2. The lowest BCUT2D eigenvalue weighted by molar-refractivity contribution is -0.140. The van der Waals surface area contributed by atoms with E-state index < -0.39 is 26.7 Å². The fourth-order valence-corrected chi connectivity index (χ4v) is 4.46. The van der Waals surface area contributed by atoms with E-state index >= 15 is 0 Å². The molecule has 6 nitrogen and oxygen atoms in total. The third-order valence-electron chi connectivity index (χ3n) is 3.94. The summed E-state index contributed by atoms with van der Waals surface area (Å²) in [5.74, 6) is -0.180. The van der Waals surface area contributed by atoms with Gasteiger partial charge >= 0.3 is 6.18 Å². The van der Waals surface area contributed by atoms with Crippen LogP contribution in [-0.2, 0) is 21.0 Å².